The van der Waals surface area contributed by atoms with Gasteiger partial charge in [0, 0.05) is 0 Å². The second-order valence-electron chi connectivity index (χ2n) is 2.28. The van der Waals surface area contributed by atoms with Gasteiger partial charge in [0.1, 0.15) is 0 Å². The van der Waals surface area contributed by atoms with Gasteiger partial charge in [-0.25, -0.2) is 0 Å². The van der Waals surface area contributed by atoms with E-state index >= 15 is 0 Å². The van der Waals surface area contributed by atoms with Crippen LogP contribution in [0, 0.1) is 6.92 Å². The molecular weight excluding hydrogens is 125 g/mol. The molecule has 0 aromatic heterocycles. The predicted molar refractivity (Wildman–Crippen MR) is 31.0 cm³/mol. The third-order valence-electron chi connectivity index (χ3n) is 1.67. The molecule has 42 valence electrons. The van der Waals surface area contributed by atoms with Crippen molar-refractivity contribution in [3.05, 3.63) is 6.92 Å². The van der Waals surface area contributed by atoms with Gasteiger partial charge in [0.15, 0.2) is 0 Å². The molecule has 1 fully saturated rings. The average Bonchev–Trinajstić information content (AvgIpc) is 1.91. The summed E-state index contributed by atoms with van der Waals surface area (Å²) in [6.45, 7) is 5.19. The number of rotatable bonds is 0. The zero-order valence-electron chi connectivity index (χ0n) is 5.85. The first-order valence-electron chi connectivity index (χ1n) is 2.84. The molecule has 1 atom stereocenters. The van der Waals surface area contributed by atoms with Crippen LogP contribution in [0.2, 0.25) is 0 Å². The first-order valence-corrected chi connectivity index (χ1v) is 2.84. The molecule has 1 nitrogen and oxygen atoms in total. The van der Waals surface area contributed by atoms with E-state index < -0.39 is 0 Å². The minimum atomic E-state index is 0. The SMILES string of the molecule is [CH2-]C1CCCN1C.[K+]. The van der Waals surface area contributed by atoms with Gasteiger partial charge in [-0.05, 0) is 20.0 Å². The molecule has 1 saturated heterocycles. The topological polar surface area (TPSA) is 3.24 Å². The molecule has 0 N–H and O–H groups in total. The van der Waals surface area contributed by atoms with Gasteiger partial charge in [0.2, 0.25) is 0 Å². The molecule has 0 spiro atoms. The molecule has 8 heavy (non-hydrogen) atoms. The summed E-state index contributed by atoms with van der Waals surface area (Å²) in [5.41, 5.74) is 0. The molecule has 1 aliphatic rings. The van der Waals surface area contributed by atoms with Crippen molar-refractivity contribution in [3.8, 4) is 0 Å². The summed E-state index contributed by atoms with van der Waals surface area (Å²) in [5, 5.41) is 0. The summed E-state index contributed by atoms with van der Waals surface area (Å²) in [7, 11) is 2.13. The van der Waals surface area contributed by atoms with Gasteiger partial charge >= 0.3 is 51.4 Å². The first-order chi connectivity index (χ1) is 3.30. The van der Waals surface area contributed by atoms with Crippen LogP contribution in [-0.2, 0) is 0 Å². The molecule has 0 bridgehead atoms. The van der Waals surface area contributed by atoms with E-state index in [9.17, 15) is 0 Å². The van der Waals surface area contributed by atoms with E-state index in [-0.39, 0.29) is 51.4 Å². The van der Waals surface area contributed by atoms with Crippen LogP contribution in [0.1, 0.15) is 12.8 Å². The molecule has 0 saturated carbocycles. The van der Waals surface area contributed by atoms with Gasteiger partial charge in [-0.15, -0.1) is 6.04 Å². The zero-order valence-corrected chi connectivity index (χ0v) is 8.98. The molecule has 0 amide bonds. The molecule has 1 unspecified atom stereocenters. The van der Waals surface area contributed by atoms with Crippen LogP contribution in [0.25, 0.3) is 0 Å². The van der Waals surface area contributed by atoms with Crippen molar-refractivity contribution < 1.29 is 51.4 Å². The maximum absolute atomic E-state index is 3.94. The van der Waals surface area contributed by atoms with Gasteiger partial charge in [0.05, 0.1) is 0 Å². The van der Waals surface area contributed by atoms with E-state index in [1.54, 1.807) is 0 Å². The number of hydrogen-bond acceptors (Lipinski definition) is 1. The van der Waals surface area contributed by atoms with E-state index in [1.165, 1.54) is 19.4 Å². The predicted octanol–water partition coefficient (Wildman–Crippen LogP) is -2.08. The Balaban J connectivity index is 0.000000490. The monoisotopic (exact) mass is 137 g/mol. The van der Waals surface area contributed by atoms with Crippen LogP contribution in [0.5, 0.6) is 0 Å². The fourth-order valence-electron chi connectivity index (χ4n) is 0.979. The Bertz CT molecular complexity index is 57.5. The van der Waals surface area contributed by atoms with E-state index in [2.05, 4.69) is 18.9 Å². The summed E-state index contributed by atoms with van der Waals surface area (Å²) in [6.07, 6.45) is 2.63. The molecule has 2 heteroatoms. The Kier molecular flexibility index (Phi) is 5.30. The second-order valence-corrected chi connectivity index (χ2v) is 2.28. The molecule has 0 aliphatic carbocycles. The Labute approximate surface area is 94.2 Å². The quantitative estimate of drug-likeness (QED) is 0.274. The third-order valence-corrected chi connectivity index (χ3v) is 1.67. The fourth-order valence-corrected chi connectivity index (χ4v) is 0.979. The summed E-state index contributed by atoms with van der Waals surface area (Å²) >= 11 is 0. The summed E-state index contributed by atoms with van der Waals surface area (Å²) < 4.78 is 0. The van der Waals surface area contributed by atoms with Crippen molar-refractivity contribution in [3.63, 3.8) is 0 Å². The maximum atomic E-state index is 3.94. The largest absolute Gasteiger partial charge is 1.00 e. The van der Waals surface area contributed by atoms with Crippen molar-refractivity contribution in [2.24, 2.45) is 0 Å². The van der Waals surface area contributed by atoms with Crippen molar-refractivity contribution >= 4 is 0 Å². The van der Waals surface area contributed by atoms with E-state index in [0.29, 0.717) is 6.04 Å². The van der Waals surface area contributed by atoms with Crippen LogP contribution >= 0.6 is 0 Å². The summed E-state index contributed by atoms with van der Waals surface area (Å²) in [6, 6.07) is 0.597. The van der Waals surface area contributed by atoms with Crippen molar-refractivity contribution in [2.75, 3.05) is 13.6 Å². The fraction of sp³-hybridized carbons (Fsp3) is 0.833. The second kappa shape index (κ2) is 4.42. The number of nitrogens with zero attached hydrogens (tertiary/aromatic N) is 1. The maximum Gasteiger partial charge on any atom is 1.00 e. The van der Waals surface area contributed by atoms with Gasteiger partial charge < -0.3 is 11.8 Å². The van der Waals surface area contributed by atoms with Gasteiger partial charge in [0.25, 0.3) is 0 Å². The Hall–Kier alpha value is 1.60. The average molecular weight is 137 g/mol. The molecule has 1 aliphatic heterocycles. The van der Waals surface area contributed by atoms with Gasteiger partial charge in [-0.3, -0.25) is 0 Å². The molecule has 1 rings (SSSR count). The van der Waals surface area contributed by atoms with Crippen molar-refractivity contribution in [1.29, 1.82) is 0 Å². The Morgan fingerprint density at radius 3 is 2.38 bits per heavy atom. The molecular formula is C6H12KN. The molecule has 0 radical (unpaired) electrons. The smallest absolute Gasteiger partial charge is 0.333 e. The first kappa shape index (κ1) is 9.60. The van der Waals surface area contributed by atoms with Crippen molar-refractivity contribution in [2.45, 2.75) is 18.9 Å². The minimum Gasteiger partial charge on any atom is -0.333 e. The zero-order chi connectivity index (χ0) is 5.28. The van der Waals surface area contributed by atoms with Gasteiger partial charge in [-0.1, -0.05) is 6.42 Å². The van der Waals surface area contributed by atoms with E-state index in [1.807, 2.05) is 0 Å². The summed E-state index contributed by atoms with van der Waals surface area (Å²) in [5.74, 6) is 0. The van der Waals surface area contributed by atoms with Gasteiger partial charge in [-0.2, -0.15) is 0 Å². The standard InChI is InChI=1S/C6H12N.K/c1-6-4-3-5-7(6)2;/h6H,1,3-5H2,2H3;/q-1;+1. The number of likely N-dealkylation sites (tertiary alicyclic amines) is 1. The molecule has 1 heterocycles. The Morgan fingerprint density at radius 2 is 2.25 bits per heavy atom. The van der Waals surface area contributed by atoms with Crippen LogP contribution in [0.15, 0.2) is 0 Å². The molecule has 0 aromatic carbocycles. The summed E-state index contributed by atoms with van der Waals surface area (Å²) in [4.78, 5) is 2.29. The third kappa shape index (κ3) is 2.46. The minimum absolute atomic E-state index is 0. The van der Waals surface area contributed by atoms with Crippen molar-refractivity contribution in [1.82, 2.24) is 4.90 Å². The van der Waals surface area contributed by atoms with Crippen LogP contribution in [0.3, 0.4) is 0 Å². The van der Waals surface area contributed by atoms with Crippen LogP contribution in [-0.4, -0.2) is 24.5 Å². The van der Waals surface area contributed by atoms with E-state index in [0.717, 1.165) is 0 Å². The molecule has 0 aromatic rings. The Morgan fingerprint density at radius 1 is 1.62 bits per heavy atom. The normalized spacial score (nSPS) is 30.0. The number of hydrogen-bond donors (Lipinski definition) is 0. The van der Waals surface area contributed by atoms with Crippen LogP contribution in [0.4, 0.5) is 0 Å². The van der Waals surface area contributed by atoms with E-state index in [4.69, 9.17) is 0 Å². The van der Waals surface area contributed by atoms with Crippen LogP contribution < -0.4 is 51.4 Å².